The Balaban J connectivity index is 1.65. The summed E-state index contributed by atoms with van der Waals surface area (Å²) in [6, 6.07) is 11.6. The first-order valence-electron chi connectivity index (χ1n) is 17.2. The van der Waals surface area contributed by atoms with Crippen LogP contribution in [0.5, 0.6) is 5.75 Å². The van der Waals surface area contributed by atoms with Crippen LogP contribution in [0.2, 0.25) is 0 Å². The number of esters is 1. The zero-order chi connectivity index (χ0) is 35.2. The van der Waals surface area contributed by atoms with Gasteiger partial charge in [-0.25, -0.2) is 17.9 Å². The molecule has 0 saturated heterocycles. The molecule has 10 nitrogen and oxygen atoms in total. The summed E-state index contributed by atoms with van der Waals surface area (Å²) in [4.78, 5) is 27.0. The van der Waals surface area contributed by atoms with Gasteiger partial charge in [-0.3, -0.25) is 9.48 Å². The molecule has 1 saturated carbocycles. The summed E-state index contributed by atoms with van der Waals surface area (Å²) in [7, 11) is -0.337. The van der Waals surface area contributed by atoms with Gasteiger partial charge in [-0.15, -0.1) is 0 Å². The first kappa shape index (κ1) is 34.5. The predicted molar refractivity (Wildman–Crippen MR) is 192 cm³/mol. The summed E-state index contributed by atoms with van der Waals surface area (Å²) in [6.45, 7) is 9.49. The number of benzene rings is 2. The summed E-state index contributed by atoms with van der Waals surface area (Å²) in [6.07, 6.45) is 7.70. The third-order valence-electron chi connectivity index (χ3n) is 9.81. The maximum atomic E-state index is 13.6. The number of nitrogens with one attached hydrogen (secondary N) is 1. The van der Waals surface area contributed by atoms with Gasteiger partial charge in [0.2, 0.25) is 10.0 Å². The molecule has 260 valence electrons. The van der Waals surface area contributed by atoms with Crippen LogP contribution in [0, 0.1) is 0 Å². The van der Waals surface area contributed by atoms with Crippen molar-refractivity contribution in [3.05, 3.63) is 70.0 Å². The van der Waals surface area contributed by atoms with E-state index in [0.29, 0.717) is 35.2 Å². The predicted octanol–water partition coefficient (Wildman–Crippen LogP) is 7.42. The number of hydrogen-bond donors (Lipinski definition) is 1. The van der Waals surface area contributed by atoms with Crippen LogP contribution in [-0.4, -0.2) is 53.6 Å². The van der Waals surface area contributed by atoms with Crippen molar-refractivity contribution in [2.45, 2.75) is 90.4 Å². The van der Waals surface area contributed by atoms with E-state index in [0.717, 1.165) is 59.0 Å². The van der Waals surface area contributed by atoms with Crippen molar-refractivity contribution in [1.82, 2.24) is 19.1 Å². The lowest BCUT2D eigenvalue weighted by Crippen LogP contribution is -2.35. The van der Waals surface area contributed by atoms with Crippen molar-refractivity contribution in [2.75, 3.05) is 13.7 Å². The monoisotopic (exact) mass is 686 g/mol. The van der Waals surface area contributed by atoms with Crippen molar-refractivity contribution in [3.8, 4) is 17.0 Å². The van der Waals surface area contributed by atoms with Crippen molar-refractivity contribution in [1.29, 1.82) is 0 Å². The van der Waals surface area contributed by atoms with E-state index in [1.807, 2.05) is 39.1 Å². The van der Waals surface area contributed by atoms with E-state index in [9.17, 15) is 18.0 Å². The highest BCUT2D eigenvalue weighted by atomic mass is 32.2. The number of methoxy groups -OCH3 is 1. The minimum absolute atomic E-state index is 0.0258. The molecule has 0 bridgehead atoms. The van der Waals surface area contributed by atoms with Gasteiger partial charge < -0.3 is 14.0 Å². The Bertz CT molecular complexity index is 2080. The highest BCUT2D eigenvalue weighted by Crippen LogP contribution is 2.48. The molecule has 0 spiro atoms. The summed E-state index contributed by atoms with van der Waals surface area (Å²) in [5.41, 5.74) is 7.96. The topological polar surface area (TPSA) is 122 Å². The number of hydrogen-bond acceptors (Lipinski definition) is 7. The highest BCUT2D eigenvalue weighted by Gasteiger charge is 2.33. The van der Waals surface area contributed by atoms with E-state index < -0.39 is 27.1 Å². The second-order valence-corrected chi connectivity index (χ2v) is 15.9. The molecule has 0 unspecified atom stereocenters. The van der Waals surface area contributed by atoms with Crippen molar-refractivity contribution in [3.63, 3.8) is 0 Å². The van der Waals surface area contributed by atoms with Gasteiger partial charge in [0.05, 0.1) is 42.6 Å². The second-order valence-electron chi connectivity index (χ2n) is 13.7. The molecule has 1 aliphatic heterocycles. The molecule has 4 aromatic rings. The number of carbonyl (C=O) groups is 2. The Kier molecular flexibility index (Phi) is 9.50. The number of nitrogens with zero attached hydrogens (tertiary/aromatic N) is 3. The average molecular weight is 687 g/mol. The molecule has 49 heavy (non-hydrogen) atoms. The first-order chi connectivity index (χ1) is 23.4. The van der Waals surface area contributed by atoms with Crippen LogP contribution < -0.4 is 9.46 Å². The Hall–Kier alpha value is -4.38. The quantitative estimate of drug-likeness (QED) is 0.182. The molecule has 1 aliphatic carbocycles. The lowest BCUT2D eigenvalue weighted by molar-refractivity contribution is 0.0524. The van der Waals surface area contributed by atoms with Crippen LogP contribution in [0.3, 0.4) is 0 Å². The molecule has 0 atom stereocenters. The molecule has 6 rings (SSSR count). The normalized spacial score (nSPS) is 15.2. The van der Waals surface area contributed by atoms with E-state index >= 15 is 0 Å². The van der Waals surface area contributed by atoms with Crippen LogP contribution in [0.4, 0.5) is 0 Å². The summed E-state index contributed by atoms with van der Waals surface area (Å²) in [5.74, 6) is -0.0951. The average Bonchev–Trinajstić information content (AvgIpc) is 3.53. The molecule has 1 N–H and O–H groups in total. The van der Waals surface area contributed by atoms with Crippen molar-refractivity contribution in [2.24, 2.45) is 7.05 Å². The maximum absolute atomic E-state index is 13.6. The fourth-order valence-corrected chi connectivity index (χ4v) is 7.97. The van der Waals surface area contributed by atoms with Crippen LogP contribution >= 0.6 is 0 Å². The molecular weight excluding hydrogens is 641 g/mol. The zero-order valence-corrected chi connectivity index (χ0v) is 30.2. The van der Waals surface area contributed by atoms with Gasteiger partial charge in [0.15, 0.2) is 0 Å². The molecule has 0 radical (unpaired) electrons. The Morgan fingerprint density at radius 2 is 1.76 bits per heavy atom. The first-order valence-corrected chi connectivity index (χ1v) is 18.8. The maximum Gasteiger partial charge on any atom is 0.342 e. The van der Waals surface area contributed by atoms with E-state index in [1.54, 1.807) is 30.8 Å². The molecule has 11 heteroatoms. The summed E-state index contributed by atoms with van der Waals surface area (Å²) >= 11 is 0. The minimum Gasteiger partial charge on any atom is -0.497 e. The van der Waals surface area contributed by atoms with Crippen LogP contribution in [0.1, 0.15) is 122 Å². The van der Waals surface area contributed by atoms with Crippen LogP contribution in [0.15, 0.2) is 36.4 Å². The van der Waals surface area contributed by atoms with Gasteiger partial charge in [0.25, 0.3) is 5.91 Å². The van der Waals surface area contributed by atoms with Gasteiger partial charge in [0.1, 0.15) is 11.3 Å². The number of aromatic nitrogens is 3. The number of rotatable bonds is 9. The largest absolute Gasteiger partial charge is 0.497 e. The molecule has 2 aliphatic rings. The number of fused-ring (bicyclic) bond motifs is 5. The molecule has 1 fully saturated rings. The summed E-state index contributed by atoms with van der Waals surface area (Å²) < 4.78 is 42.9. The molecular formula is C38H46N4O6S. The molecule has 2 aromatic heterocycles. The Morgan fingerprint density at radius 1 is 1.02 bits per heavy atom. The van der Waals surface area contributed by atoms with Gasteiger partial charge >= 0.3 is 5.97 Å². The van der Waals surface area contributed by atoms with E-state index in [-0.39, 0.29) is 18.1 Å². The third kappa shape index (κ3) is 6.29. The lowest BCUT2D eigenvalue weighted by Gasteiger charge is -2.24. The van der Waals surface area contributed by atoms with Crippen LogP contribution in [0.25, 0.3) is 33.8 Å². The molecule has 2 aromatic carbocycles. The Labute approximate surface area is 288 Å². The van der Waals surface area contributed by atoms with Crippen LogP contribution in [-0.2, 0) is 28.4 Å². The minimum atomic E-state index is -3.83. The number of aryl methyl sites for hydroxylation is 1. The van der Waals surface area contributed by atoms with Gasteiger partial charge in [0, 0.05) is 29.1 Å². The van der Waals surface area contributed by atoms with Gasteiger partial charge in [-0.2, -0.15) is 5.10 Å². The number of carbonyl (C=O) groups excluding carboxylic acids is 2. The van der Waals surface area contributed by atoms with E-state index in [1.165, 1.54) is 25.8 Å². The smallest absolute Gasteiger partial charge is 0.342 e. The van der Waals surface area contributed by atoms with E-state index in [2.05, 4.69) is 21.4 Å². The van der Waals surface area contributed by atoms with Crippen molar-refractivity contribution < 1.29 is 27.5 Å². The standard InChI is InChI=1S/C38H46N4O6S/c1-8-48-38(44)33-34(22(2)3)39-41(6)35(33)27-18-26-19-28(47-7)15-17-29(26)36-32(24-12-10-9-11-13-24)30-16-14-25(20-31(30)42(36)21-27)37(43)40-49(45,46)23(4)5/h14-20,22-24H,8-13,21H2,1-7H3,(H,40,43). The molecule has 1 amide bonds. The van der Waals surface area contributed by atoms with E-state index in [4.69, 9.17) is 14.6 Å². The number of ether oxygens (including phenoxy) is 2. The second kappa shape index (κ2) is 13.5. The summed E-state index contributed by atoms with van der Waals surface area (Å²) in [5, 5.41) is 5.10. The highest BCUT2D eigenvalue weighted by molar-refractivity contribution is 7.90. The van der Waals surface area contributed by atoms with Gasteiger partial charge in [-0.05, 0) is 98.6 Å². The zero-order valence-electron chi connectivity index (χ0n) is 29.4. The fraction of sp³-hybridized carbons (Fsp3) is 0.447. The Morgan fingerprint density at radius 3 is 2.41 bits per heavy atom. The molecule has 3 heterocycles. The number of allylic oxidation sites excluding steroid dienone is 1. The fourth-order valence-electron chi connectivity index (χ4n) is 7.35. The number of sulfonamides is 1. The van der Waals surface area contributed by atoms with Gasteiger partial charge in [-0.1, -0.05) is 39.2 Å². The third-order valence-corrected chi connectivity index (χ3v) is 11.5. The SMILES string of the molecule is CCOC(=O)c1c(C(C)C)nn(C)c1C1=Cc2cc(OC)ccc2-c2c(C3CCCCC3)c3ccc(C(=O)NS(=O)(=O)C(C)C)cc3n2C1. The van der Waals surface area contributed by atoms with Crippen molar-refractivity contribution >= 4 is 44.5 Å². The number of amides is 1. The lowest BCUT2D eigenvalue weighted by atomic mass is 9.81.